The number of carbonyl (C=O) groups is 2. The molecule has 2 amide bonds. The van der Waals surface area contributed by atoms with Crippen molar-refractivity contribution in [2.75, 3.05) is 11.4 Å². The summed E-state index contributed by atoms with van der Waals surface area (Å²) in [5, 5.41) is 6.71. The summed E-state index contributed by atoms with van der Waals surface area (Å²) in [6.07, 6.45) is 7.60. The first kappa shape index (κ1) is 17.5. The van der Waals surface area contributed by atoms with E-state index < -0.39 is 0 Å². The lowest BCUT2D eigenvalue weighted by atomic mass is 9.85. The minimum absolute atomic E-state index is 0.0322. The van der Waals surface area contributed by atoms with Gasteiger partial charge in [-0.25, -0.2) is 0 Å². The number of rotatable bonds is 4. The second kappa shape index (κ2) is 7.39. The molecule has 2 saturated heterocycles. The van der Waals surface area contributed by atoms with E-state index in [1.54, 1.807) is 0 Å². The fourth-order valence-electron chi connectivity index (χ4n) is 4.78. The average Bonchev–Trinajstić information content (AvgIpc) is 3.27. The largest absolute Gasteiger partial charge is 0.348 e. The Bertz CT molecular complexity index is 658. The van der Waals surface area contributed by atoms with Crippen molar-refractivity contribution in [1.29, 1.82) is 0 Å². The Balaban J connectivity index is 1.35. The zero-order valence-corrected chi connectivity index (χ0v) is 15.5. The number of anilines is 1. The highest BCUT2D eigenvalue weighted by Gasteiger charge is 2.38. The number of benzene rings is 1. The molecule has 2 N–H and O–H groups in total. The SMILES string of the molecule is CC(NC(=O)C1CC2CCCCC2N1)c1ccc(N2CCCC2=O)cc1. The summed E-state index contributed by atoms with van der Waals surface area (Å²) < 4.78 is 0. The molecule has 3 aliphatic rings. The van der Waals surface area contributed by atoms with Crippen molar-refractivity contribution in [2.45, 2.75) is 70.0 Å². The maximum absolute atomic E-state index is 12.7. The molecule has 26 heavy (non-hydrogen) atoms. The van der Waals surface area contributed by atoms with Crippen LogP contribution in [0.5, 0.6) is 0 Å². The first-order valence-electron chi connectivity index (χ1n) is 10.1. The topological polar surface area (TPSA) is 61.4 Å². The molecule has 2 heterocycles. The predicted molar refractivity (Wildman–Crippen MR) is 102 cm³/mol. The Morgan fingerprint density at radius 1 is 1.19 bits per heavy atom. The molecule has 2 aliphatic heterocycles. The quantitative estimate of drug-likeness (QED) is 0.873. The van der Waals surface area contributed by atoms with Gasteiger partial charge in [0.15, 0.2) is 0 Å². The lowest BCUT2D eigenvalue weighted by Gasteiger charge is -2.24. The molecule has 1 aliphatic carbocycles. The number of amides is 2. The third-order valence-corrected chi connectivity index (χ3v) is 6.32. The molecule has 0 bridgehead atoms. The van der Waals surface area contributed by atoms with Crippen molar-refractivity contribution in [3.8, 4) is 0 Å². The van der Waals surface area contributed by atoms with Crippen LogP contribution in [0.15, 0.2) is 24.3 Å². The van der Waals surface area contributed by atoms with Crippen molar-refractivity contribution in [3.05, 3.63) is 29.8 Å². The second-order valence-electron chi connectivity index (χ2n) is 8.08. The molecule has 4 atom stereocenters. The third-order valence-electron chi connectivity index (χ3n) is 6.32. The van der Waals surface area contributed by atoms with Gasteiger partial charge in [-0.05, 0) is 56.2 Å². The van der Waals surface area contributed by atoms with Crippen molar-refractivity contribution < 1.29 is 9.59 Å². The maximum Gasteiger partial charge on any atom is 0.237 e. The average molecular weight is 355 g/mol. The monoisotopic (exact) mass is 355 g/mol. The molecule has 140 valence electrons. The highest BCUT2D eigenvalue weighted by atomic mass is 16.2. The molecule has 4 unspecified atom stereocenters. The number of nitrogens with zero attached hydrogens (tertiary/aromatic N) is 1. The number of nitrogens with one attached hydrogen (secondary N) is 2. The van der Waals surface area contributed by atoms with Crippen molar-refractivity contribution >= 4 is 17.5 Å². The third kappa shape index (κ3) is 3.50. The van der Waals surface area contributed by atoms with Gasteiger partial charge in [0.1, 0.15) is 0 Å². The maximum atomic E-state index is 12.7. The van der Waals surface area contributed by atoms with E-state index in [0.29, 0.717) is 18.4 Å². The van der Waals surface area contributed by atoms with Gasteiger partial charge in [-0.15, -0.1) is 0 Å². The molecule has 1 aromatic carbocycles. The number of carbonyl (C=O) groups excluding carboxylic acids is 2. The Morgan fingerprint density at radius 2 is 1.96 bits per heavy atom. The van der Waals surface area contributed by atoms with Crippen LogP contribution in [0.4, 0.5) is 5.69 Å². The summed E-state index contributed by atoms with van der Waals surface area (Å²) in [5.74, 6) is 0.991. The lowest BCUT2D eigenvalue weighted by Crippen LogP contribution is -2.43. The smallest absolute Gasteiger partial charge is 0.237 e. The van der Waals surface area contributed by atoms with Gasteiger partial charge < -0.3 is 15.5 Å². The molecule has 1 aromatic rings. The summed E-state index contributed by atoms with van der Waals surface area (Å²) in [6, 6.07) is 8.48. The highest BCUT2D eigenvalue weighted by molar-refractivity contribution is 5.95. The van der Waals surface area contributed by atoms with Crippen LogP contribution in [0.25, 0.3) is 0 Å². The van der Waals surface area contributed by atoms with Crippen LogP contribution >= 0.6 is 0 Å². The first-order valence-corrected chi connectivity index (χ1v) is 10.1. The number of hydrogen-bond donors (Lipinski definition) is 2. The van der Waals surface area contributed by atoms with Gasteiger partial charge >= 0.3 is 0 Å². The highest BCUT2D eigenvalue weighted by Crippen LogP contribution is 2.33. The summed E-state index contributed by atoms with van der Waals surface area (Å²) in [7, 11) is 0. The Hall–Kier alpha value is -1.88. The molecule has 0 spiro atoms. The fraction of sp³-hybridized carbons (Fsp3) is 0.619. The van der Waals surface area contributed by atoms with E-state index >= 15 is 0 Å². The first-order chi connectivity index (χ1) is 12.6. The molecule has 5 nitrogen and oxygen atoms in total. The van der Waals surface area contributed by atoms with E-state index in [2.05, 4.69) is 10.6 Å². The van der Waals surface area contributed by atoms with Crippen LogP contribution in [0, 0.1) is 5.92 Å². The van der Waals surface area contributed by atoms with Crippen molar-refractivity contribution in [3.63, 3.8) is 0 Å². The Kier molecular flexibility index (Phi) is 4.98. The van der Waals surface area contributed by atoms with Gasteiger partial charge in [0, 0.05) is 24.7 Å². The molecule has 0 radical (unpaired) electrons. The van der Waals surface area contributed by atoms with Gasteiger partial charge in [0.25, 0.3) is 0 Å². The van der Waals surface area contributed by atoms with Gasteiger partial charge in [0.2, 0.25) is 11.8 Å². The van der Waals surface area contributed by atoms with Gasteiger partial charge in [0.05, 0.1) is 12.1 Å². The van der Waals surface area contributed by atoms with E-state index in [1.807, 2.05) is 36.1 Å². The Labute approximate surface area is 155 Å². The minimum Gasteiger partial charge on any atom is -0.348 e. The zero-order chi connectivity index (χ0) is 18.1. The molecule has 4 rings (SSSR count). The van der Waals surface area contributed by atoms with Crippen LogP contribution in [-0.4, -0.2) is 30.4 Å². The molecular formula is C21H29N3O2. The molecule has 5 heteroatoms. The van der Waals surface area contributed by atoms with Gasteiger partial charge in [-0.3, -0.25) is 9.59 Å². The minimum atomic E-state index is -0.0490. The van der Waals surface area contributed by atoms with Crippen LogP contribution in [0.3, 0.4) is 0 Å². The summed E-state index contributed by atoms with van der Waals surface area (Å²) >= 11 is 0. The summed E-state index contributed by atoms with van der Waals surface area (Å²) in [5.41, 5.74) is 2.03. The van der Waals surface area contributed by atoms with Gasteiger partial charge in [-0.2, -0.15) is 0 Å². The normalized spacial score (nSPS) is 29.5. The second-order valence-corrected chi connectivity index (χ2v) is 8.08. The van der Waals surface area contributed by atoms with Crippen LogP contribution in [0.2, 0.25) is 0 Å². The van der Waals surface area contributed by atoms with E-state index in [4.69, 9.17) is 0 Å². The van der Waals surface area contributed by atoms with Gasteiger partial charge in [-0.1, -0.05) is 25.0 Å². The number of fused-ring (bicyclic) bond motifs is 1. The van der Waals surface area contributed by atoms with Crippen molar-refractivity contribution in [1.82, 2.24) is 10.6 Å². The molecule has 1 saturated carbocycles. The Morgan fingerprint density at radius 3 is 2.65 bits per heavy atom. The van der Waals surface area contributed by atoms with E-state index in [1.165, 1.54) is 25.7 Å². The standard InChI is InChI=1S/C21H29N3O2/c1-14(15-8-10-17(11-9-15)24-12-4-7-20(24)25)22-21(26)19-13-16-5-2-3-6-18(16)23-19/h8-11,14,16,18-19,23H,2-7,12-13H2,1H3,(H,22,26). The molecular weight excluding hydrogens is 326 g/mol. The summed E-state index contributed by atoms with van der Waals surface area (Å²) in [4.78, 5) is 26.4. The lowest BCUT2D eigenvalue weighted by molar-refractivity contribution is -0.123. The summed E-state index contributed by atoms with van der Waals surface area (Å²) in [6.45, 7) is 2.83. The zero-order valence-electron chi connectivity index (χ0n) is 15.5. The van der Waals surface area contributed by atoms with Crippen LogP contribution < -0.4 is 15.5 Å². The van der Waals surface area contributed by atoms with E-state index in [-0.39, 0.29) is 23.9 Å². The van der Waals surface area contributed by atoms with E-state index in [9.17, 15) is 9.59 Å². The van der Waals surface area contributed by atoms with Crippen LogP contribution in [-0.2, 0) is 9.59 Å². The number of hydrogen-bond acceptors (Lipinski definition) is 3. The predicted octanol–water partition coefficient (Wildman–Crippen LogP) is 2.91. The van der Waals surface area contributed by atoms with Crippen molar-refractivity contribution in [2.24, 2.45) is 5.92 Å². The fourth-order valence-corrected chi connectivity index (χ4v) is 4.78. The molecule has 3 fully saturated rings. The van der Waals surface area contributed by atoms with Crippen LogP contribution in [0.1, 0.15) is 63.5 Å². The molecule has 0 aromatic heterocycles. The van der Waals surface area contributed by atoms with E-state index in [0.717, 1.165) is 30.6 Å².